The standard InChI is InChI=1S/C16H23N3O2/c17-14(10-12-6-2-1-3-7-12)16(21)19(11-15(18)20)13-8-4-5-9-13/h1-3,6-7,13-14H,4-5,8-11,17H2,(H2,18,20)/t14-/m1/s1. The third kappa shape index (κ3) is 4.29. The molecule has 2 rings (SSSR count). The molecule has 1 aliphatic carbocycles. The van der Waals surface area contributed by atoms with Crippen molar-refractivity contribution in [3.05, 3.63) is 35.9 Å². The number of nitrogens with zero attached hydrogens (tertiary/aromatic N) is 1. The third-order valence-corrected chi connectivity index (χ3v) is 3.99. The third-order valence-electron chi connectivity index (χ3n) is 3.99. The van der Waals surface area contributed by atoms with E-state index in [2.05, 4.69) is 0 Å². The Morgan fingerprint density at radius 1 is 1.19 bits per heavy atom. The van der Waals surface area contributed by atoms with Crippen LogP contribution in [0.25, 0.3) is 0 Å². The van der Waals surface area contributed by atoms with Gasteiger partial charge in [-0.15, -0.1) is 0 Å². The van der Waals surface area contributed by atoms with Gasteiger partial charge in [-0.05, 0) is 24.8 Å². The van der Waals surface area contributed by atoms with E-state index in [0.717, 1.165) is 31.2 Å². The van der Waals surface area contributed by atoms with Crippen molar-refractivity contribution >= 4 is 11.8 Å². The second-order valence-corrected chi connectivity index (χ2v) is 5.67. The van der Waals surface area contributed by atoms with Gasteiger partial charge < -0.3 is 16.4 Å². The fourth-order valence-electron chi connectivity index (χ4n) is 2.94. The summed E-state index contributed by atoms with van der Waals surface area (Å²) in [6.45, 7) is -0.0357. The highest BCUT2D eigenvalue weighted by atomic mass is 16.2. The van der Waals surface area contributed by atoms with Gasteiger partial charge in [-0.25, -0.2) is 0 Å². The van der Waals surface area contributed by atoms with Crippen LogP contribution in [0.15, 0.2) is 30.3 Å². The predicted molar refractivity (Wildman–Crippen MR) is 81.3 cm³/mol. The molecule has 1 atom stereocenters. The second kappa shape index (κ2) is 7.22. The fraction of sp³-hybridized carbons (Fsp3) is 0.500. The van der Waals surface area contributed by atoms with Crippen LogP contribution in [0.5, 0.6) is 0 Å². The summed E-state index contributed by atoms with van der Waals surface area (Å²) in [7, 11) is 0. The molecule has 0 aromatic heterocycles. The van der Waals surface area contributed by atoms with E-state index in [-0.39, 0.29) is 18.5 Å². The van der Waals surface area contributed by atoms with E-state index in [4.69, 9.17) is 11.5 Å². The number of rotatable bonds is 6. The van der Waals surface area contributed by atoms with Crippen molar-refractivity contribution in [2.75, 3.05) is 6.54 Å². The summed E-state index contributed by atoms with van der Waals surface area (Å²) in [6, 6.07) is 9.13. The molecule has 21 heavy (non-hydrogen) atoms. The van der Waals surface area contributed by atoms with Crippen LogP contribution in [0.3, 0.4) is 0 Å². The van der Waals surface area contributed by atoms with E-state index in [0.29, 0.717) is 6.42 Å². The lowest BCUT2D eigenvalue weighted by atomic mass is 10.0. The molecule has 4 N–H and O–H groups in total. The Hall–Kier alpha value is -1.88. The van der Waals surface area contributed by atoms with Gasteiger partial charge >= 0.3 is 0 Å². The molecule has 1 aromatic rings. The van der Waals surface area contributed by atoms with Crippen molar-refractivity contribution in [1.82, 2.24) is 4.90 Å². The molecular weight excluding hydrogens is 266 g/mol. The maximum absolute atomic E-state index is 12.6. The topological polar surface area (TPSA) is 89.4 Å². The lowest BCUT2D eigenvalue weighted by Gasteiger charge is -2.30. The zero-order valence-electron chi connectivity index (χ0n) is 12.2. The lowest BCUT2D eigenvalue weighted by molar-refractivity contribution is -0.138. The van der Waals surface area contributed by atoms with E-state index in [1.165, 1.54) is 0 Å². The van der Waals surface area contributed by atoms with Gasteiger partial charge in [0.1, 0.15) is 0 Å². The number of benzene rings is 1. The molecule has 1 aliphatic rings. The summed E-state index contributed by atoms with van der Waals surface area (Å²) in [5.41, 5.74) is 12.3. The minimum Gasteiger partial charge on any atom is -0.368 e. The minimum absolute atomic E-state index is 0.0357. The largest absolute Gasteiger partial charge is 0.368 e. The number of hydrogen-bond donors (Lipinski definition) is 2. The van der Waals surface area contributed by atoms with E-state index >= 15 is 0 Å². The highest BCUT2D eigenvalue weighted by Crippen LogP contribution is 2.24. The minimum atomic E-state index is -0.632. The molecule has 114 valence electrons. The van der Waals surface area contributed by atoms with Crippen molar-refractivity contribution in [1.29, 1.82) is 0 Å². The van der Waals surface area contributed by atoms with Crippen LogP contribution in [0.1, 0.15) is 31.2 Å². The van der Waals surface area contributed by atoms with E-state index in [1.807, 2.05) is 30.3 Å². The molecule has 2 amide bonds. The normalized spacial score (nSPS) is 16.6. The maximum Gasteiger partial charge on any atom is 0.240 e. The second-order valence-electron chi connectivity index (χ2n) is 5.67. The summed E-state index contributed by atoms with van der Waals surface area (Å²) in [5, 5.41) is 0. The molecule has 5 heteroatoms. The molecule has 0 bridgehead atoms. The van der Waals surface area contributed by atoms with Gasteiger partial charge in [0.25, 0.3) is 0 Å². The smallest absolute Gasteiger partial charge is 0.240 e. The average molecular weight is 289 g/mol. The molecule has 1 saturated carbocycles. The van der Waals surface area contributed by atoms with E-state index in [1.54, 1.807) is 4.90 Å². The van der Waals surface area contributed by atoms with Gasteiger partial charge in [-0.1, -0.05) is 43.2 Å². The Morgan fingerprint density at radius 3 is 2.38 bits per heavy atom. The number of amides is 2. The molecule has 5 nitrogen and oxygen atoms in total. The van der Waals surface area contributed by atoms with Crippen LogP contribution in [-0.4, -0.2) is 35.3 Å². The first kappa shape index (κ1) is 15.5. The maximum atomic E-state index is 12.6. The molecule has 0 heterocycles. The molecule has 0 spiro atoms. The quantitative estimate of drug-likeness (QED) is 0.812. The van der Waals surface area contributed by atoms with E-state index in [9.17, 15) is 9.59 Å². The number of hydrogen-bond acceptors (Lipinski definition) is 3. The summed E-state index contributed by atoms with van der Waals surface area (Å²) < 4.78 is 0. The molecular formula is C16H23N3O2. The Labute approximate surface area is 125 Å². The van der Waals surface area contributed by atoms with Gasteiger partial charge in [-0.2, -0.15) is 0 Å². The van der Waals surface area contributed by atoms with Crippen molar-refractivity contribution < 1.29 is 9.59 Å². The Morgan fingerprint density at radius 2 is 1.81 bits per heavy atom. The van der Waals surface area contributed by atoms with Crippen LogP contribution < -0.4 is 11.5 Å². The summed E-state index contributed by atoms with van der Waals surface area (Å²) >= 11 is 0. The van der Waals surface area contributed by atoms with Gasteiger partial charge in [0, 0.05) is 6.04 Å². The summed E-state index contributed by atoms with van der Waals surface area (Å²) in [5.74, 6) is -0.660. The molecule has 1 aromatic carbocycles. The Kier molecular flexibility index (Phi) is 5.33. The molecule has 1 fully saturated rings. The van der Waals surface area contributed by atoms with Crippen molar-refractivity contribution in [3.63, 3.8) is 0 Å². The zero-order chi connectivity index (χ0) is 15.2. The van der Waals surface area contributed by atoms with Crippen molar-refractivity contribution in [2.45, 2.75) is 44.2 Å². The number of carbonyl (C=O) groups excluding carboxylic acids is 2. The first-order valence-corrected chi connectivity index (χ1v) is 7.46. The van der Waals surface area contributed by atoms with Crippen LogP contribution in [0.4, 0.5) is 0 Å². The van der Waals surface area contributed by atoms with E-state index < -0.39 is 11.9 Å². The zero-order valence-corrected chi connectivity index (χ0v) is 12.2. The number of carbonyl (C=O) groups is 2. The van der Waals surface area contributed by atoms with Crippen molar-refractivity contribution in [3.8, 4) is 0 Å². The number of nitrogens with two attached hydrogens (primary N) is 2. The monoisotopic (exact) mass is 289 g/mol. The first-order chi connectivity index (χ1) is 10.1. The highest BCUT2D eigenvalue weighted by molar-refractivity contribution is 5.87. The molecule has 0 aliphatic heterocycles. The van der Waals surface area contributed by atoms with Gasteiger partial charge in [0.2, 0.25) is 11.8 Å². The summed E-state index contributed by atoms with van der Waals surface area (Å²) in [4.78, 5) is 25.4. The van der Waals surface area contributed by atoms with Crippen LogP contribution in [0, 0.1) is 0 Å². The Bertz CT molecular complexity index is 484. The average Bonchev–Trinajstić information content (AvgIpc) is 2.99. The van der Waals surface area contributed by atoms with Gasteiger partial charge in [-0.3, -0.25) is 9.59 Å². The van der Waals surface area contributed by atoms with Crippen LogP contribution in [0.2, 0.25) is 0 Å². The highest BCUT2D eigenvalue weighted by Gasteiger charge is 2.30. The Balaban J connectivity index is 2.04. The fourth-order valence-corrected chi connectivity index (χ4v) is 2.94. The SMILES string of the molecule is NC(=O)CN(C(=O)[C@H](N)Cc1ccccc1)C1CCCC1. The lowest BCUT2D eigenvalue weighted by Crippen LogP contribution is -2.51. The number of primary amides is 1. The molecule has 0 saturated heterocycles. The van der Waals surface area contributed by atoms with Crippen molar-refractivity contribution in [2.24, 2.45) is 11.5 Å². The van der Waals surface area contributed by atoms with Crippen LogP contribution in [-0.2, 0) is 16.0 Å². The van der Waals surface area contributed by atoms with Gasteiger partial charge in [0.05, 0.1) is 12.6 Å². The molecule has 0 radical (unpaired) electrons. The van der Waals surface area contributed by atoms with Gasteiger partial charge in [0.15, 0.2) is 0 Å². The van der Waals surface area contributed by atoms with Crippen LogP contribution >= 0.6 is 0 Å². The summed E-state index contributed by atoms with van der Waals surface area (Å²) in [6.07, 6.45) is 4.50. The predicted octanol–water partition coefficient (Wildman–Crippen LogP) is 0.813. The molecule has 0 unspecified atom stereocenters. The first-order valence-electron chi connectivity index (χ1n) is 7.46.